The molecule has 0 heterocycles. The molecule has 94 valence electrons. The second kappa shape index (κ2) is 6.26. The molecule has 2 rings (SSSR count). The van der Waals surface area contributed by atoms with Gasteiger partial charge < -0.3 is 5.32 Å². The molecular formula is C15H15BrClN. The maximum atomic E-state index is 5.91. The Morgan fingerprint density at radius 2 is 1.89 bits per heavy atom. The largest absolute Gasteiger partial charge is 0.378 e. The molecule has 1 N–H and O–H groups in total. The summed E-state index contributed by atoms with van der Waals surface area (Å²) in [6.45, 7) is 2.17. The molecule has 0 bridgehead atoms. The Bertz CT molecular complexity index is 510. The minimum absolute atomic E-state index is 0.302. The molecule has 0 saturated heterocycles. The van der Waals surface area contributed by atoms with Crippen LogP contribution >= 0.6 is 27.5 Å². The van der Waals surface area contributed by atoms with Crippen molar-refractivity contribution in [1.82, 2.24) is 0 Å². The monoisotopic (exact) mass is 323 g/mol. The van der Waals surface area contributed by atoms with Crippen LogP contribution in [0.3, 0.4) is 0 Å². The number of benzene rings is 2. The van der Waals surface area contributed by atoms with Gasteiger partial charge in [-0.2, -0.15) is 0 Å². The molecule has 1 unspecified atom stereocenters. The minimum Gasteiger partial charge on any atom is -0.378 e. The lowest BCUT2D eigenvalue weighted by atomic mass is 10.0. The third-order valence-corrected chi connectivity index (χ3v) is 3.59. The second-order valence-corrected chi connectivity index (χ2v) is 5.52. The van der Waals surface area contributed by atoms with Crippen LogP contribution in [0.4, 0.5) is 5.69 Å². The fourth-order valence-corrected chi connectivity index (χ4v) is 2.42. The van der Waals surface area contributed by atoms with Crippen LogP contribution in [0.25, 0.3) is 0 Å². The highest BCUT2D eigenvalue weighted by molar-refractivity contribution is 9.10. The summed E-state index contributed by atoms with van der Waals surface area (Å²) in [5.41, 5.74) is 2.37. The Morgan fingerprint density at radius 3 is 2.50 bits per heavy atom. The summed E-state index contributed by atoms with van der Waals surface area (Å²) in [4.78, 5) is 0. The summed E-state index contributed by atoms with van der Waals surface area (Å²) < 4.78 is 1.08. The highest BCUT2D eigenvalue weighted by Gasteiger charge is 2.08. The summed E-state index contributed by atoms with van der Waals surface area (Å²) in [6, 6.07) is 16.5. The van der Waals surface area contributed by atoms with Crippen LogP contribution in [-0.2, 0) is 0 Å². The summed E-state index contributed by atoms with van der Waals surface area (Å²) in [5, 5.41) is 4.31. The average molecular weight is 325 g/mol. The highest BCUT2D eigenvalue weighted by Crippen LogP contribution is 2.25. The van der Waals surface area contributed by atoms with Crippen LogP contribution in [-0.4, -0.2) is 0 Å². The summed E-state index contributed by atoms with van der Waals surface area (Å²) in [6.07, 6.45) is 1.02. The van der Waals surface area contributed by atoms with Crippen molar-refractivity contribution in [3.63, 3.8) is 0 Å². The third-order valence-electron chi connectivity index (χ3n) is 2.85. The molecule has 0 saturated carbocycles. The zero-order valence-corrected chi connectivity index (χ0v) is 12.5. The predicted octanol–water partition coefficient (Wildman–Crippen LogP) is 5.67. The average Bonchev–Trinajstić information content (AvgIpc) is 2.37. The van der Waals surface area contributed by atoms with Crippen LogP contribution in [0.1, 0.15) is 24.9 Å². The second-order valence-electron chi connectivity index (χ2n) is 4.17. The zero-order chi connectivity index (χ0) is 13.0. The first kappa shape index (κ1) is 13.4. The van der Waals surface area contributed by atoms with E-state index in [1.165, 1.54) is 5.56 Å². The number of anilines is 1. The number of halogens is 2. The van der Waals surface area contributed by atoms with E-state index >= 15 is 0 Å². The van der Waals surface area contributed by atoms with Crippen molar-refractivity contribution in [2.45, 2.75) is 19.4 Å². The van der Waals surface area contributed by atoms with Gasteiger partial charge in [0.25, 0.3) is 0 Å². The van der Waals surface area contributed by atoms with E-state index in [0.29, 0.717) is 6.04 Å². The first-order valence-corrected chi connectivity index (χ1v) is 7.13. The summed E-state index contributed by atoms with van der Waals surface area (Å²) >= 11 is 9.40. The van der Waals surface area contributed by atoms with Crippen LogP contribution in [0.5, 0.6) is 0 Å². The van der Waals surface area contributed by atoms with Crippen molar-refractivity contribution < 1.29 is 0 Å². The van der Waals surface area contributed by atoms with Crippen molar-refractivity contribution in [3.8, 4) is 0 Å². The normalized spacial score (nSPS) is 12.2. The lowest BCUT2D eigenvalue weighted by molar-refractivity contribution is 0.749. The maximum Gasteiger partial charge on any atom is 0.0511 e. The molecule has 0 aliphatic heterocycles. The van der Waals surface area contributed by atoms with Gasteiger partial charge in [-0.25, -0.2) is 0 Å². The Labute approximate surface area is 121 Å². The quantitative estimate of drug-likeness (QED) is 0.764. The lowest BCUT2D eigenvalue weighted by Gasteiger charge is -2.19. The number of nitrogens with one attached hydrogen (secondary N) is 1. The van der Waals surface area contributed by atoms with Crippen molar-refractivity contribution in [2.24, 2.45) is 0 Å². The van der Waals surface area contributed by atoms with Gasteiger partial charge in [0.2, 0.25) is 0 Å². The van der Waals surface area contributed by atoms with Gasteiger partial charge in [0.05, 0.1) is 6.04 Å². The Kier molecular flexibility index (Phi) is 4.67. The SMILES string of the molecule is CCC(Nc1cccc(Br)c1)c1ccc(Cl)cc1. The van der Waals surface area contributed by atoms with Crippen molar-refractivity contribution in [2.75, 3.05) is 5.32 Å². The highest BCUT2D eigenvalue weighted by atomic mass is 79.9. The van der Waals surface area contributed by atoms with Gasteiger partial charge in [0.1, 0.15) is 0 Å². The van der Waals surface area contributed by atoms with Gasteiger partial charge in [-0.05, 0) is 42.3 Å². The molecular weight excluding hydrogens is 310 g/mol. The Hall–Kier alpha value is -0.990. The number of hydrogen-bond acceptors (Lipinski definition) is 1. The van der Waals surface area contributed by atoms with Gasteiger partial charge in [0.15, 0.2) is 0 Å². The molecule has 0 aliphatic carbocycles. The Balaban J connectivity index is 2.17. The smallest absolute Gasteiger partial charge is 0.0511 e. The van der Waals surface area contributed by atoms with Crippen molar-refractivity contribution in [1.29, 1.82) is 0 Å². The predicted molar refractivity (Wildman–Crippen MR) is 82.2 cm³/mol. The topological polar surface area (TPSA) is 12.0 Å². The van der Waals surface area contributed by atoms with E-state index in [1.54, 1.807) is 0 Å². The van der Waals surface area contributed by atoms with Crippen LogP contribution in [0, 0.1) is 0 Å². The molecule has 0 radical (unpaired) electrons. The third kappa shape index (κ3) is 3.50. The van der Waals surface area contributed by atoms with Crippen molar-refractivity contribution >= 4 is 33.2 Å². The molecule has 18 heavy (non-hydrogen) atoms. The Morgan fingerprint density at radius 1 is 1.17 bits per heavy atom. The molecule has 2 aromatic carbocycles. The molecule has 0 amide bonds. The summed E-state index contributed by atoms with van der Waals surface area (Å²) in [7, 11) is 0. The molecule has 0 fully saturated rings. The minimum atomic E-state index is 0.302. The fraction of sp³-hybridized carbons (Fsp3) is 0.200. The van der Waals surface area contributed by atoms with E-state index in [1.807, 2.05) is 24.3 Å². The van der Waals surface area contributed by atoms with Gasteiger partial charge >= 0.3 is 0 Å². The van der Waals surface area contributed by atoms with Gasteiger partial charge in [0, 0.05) is 15.2 Å². The maximum absolute atomic E-state index is 5.91. The van der Waals surface area contributed by atoms with Crippen LogP contribution in [0.2, 0.25) is 5.02 Å². The van der Waals surface area contributed by atoms with E-state index in [2.05, 4.69) is 52.4 Å². The molecule has 0 aliphatic rings. The summed E-state index contributed by atoms with van der Waals surface area (Å²) in [5.74, 6) is 0. The van der Waals surface area contributed by atoms with Crippen LogP contribution < -0.4 is 5.32 Å². The lowest BCUT2D eigenvalue weighted by Crippen LogP contribution is -2.09. The van der Waals surface area contributed by atoms with E-state index in [-0.39, 0.29) is 0 Å². The first-order valence-electron chi connectivity index (χ1n) is 5.96. The van der Waals surface area contributed by atoms with E-state index in [0.717, 1.165) is 21.6 Å². The van der Waals surface area contributed by atoms with E-state index in [4.69, 9.17) is 11.6 Å². The van der Waals surface area contributed by atoms with Crippen molar-refractivity contribution in [3.05, 3.63) is 63.6 Å². The molecule has 1 nitrogen and oxygen atoms in total. The van der Waals surface area contributed by atoms with Gasteiger partial charge in [-0.1, -0.05) is 52.7 Å². The van der Waals surface area contributed by atoms with Gasteiger partial charge in [-0.15, -0.1) is 0 Å². The fourth-order valence-electron chi connectivity index (χ4n) is 1.90. The van der Waals surface area contributed by atoms with Crippen LogP contribution in [0.15, 0.2) is 53.0 Å². The zero-order valence-electron chi connectivity index (χ0n) is 10.2. The number of rotatable bonds is 4. The number of hydrogen-bond donors (Lipinski definition) is 1. The molecule has 0 aromatic heterocycles. The standard InChI is InChI=1S/C15H15BrClN/c1-2-15(11-6-8-13(17)9-7-11)18-14-5-3-4-12(16)10-14/h3-10,15,18H,2H2,1H3. The van der Waals surface area contributed by atoms with E-state index in [9.17, 15) is 0 Å². The first-order chi connectivity index (χ1) is 8.69. The molecule has 3 heteroatoms. The molecule has 2 aromatic rings. The molecule has 0 spiro atoms. The molecule has 1 atom stereocenters. The van der Waals surface area contributed by atoms with Gasteiger partial charge in [-0.3, -0.25) is 0 Å². The van der Waals surface area contributed by atoms with E-state index < -0.39 is 0 Å².